The maximum atomic E-state index is 4.32. The molecule has 0 aromatic heterocycles. The molecule has 10 heavy (non-hydrogen) atoms. The molecule has 1 saturated heterocycles. The standard InChI is InChI=1S/C6H12S4/c7-5-9-1-2-10(6-8)4-3-9/h1-6H2/p+2. The quantitative estimate of drug-likeness (QED) is 0.497. The summed E-state index contributed by atoms with van der Waals surface area (Å²) in [6.45, 7) is 0. The van der Waals surface area contributed by atoms with E-state index in [1.165, 1.54) is 23.0 Å². The fourth-order valence-electron chi connectivity index (χ4n) is 0.934. The Morgan fingerprint density at radius 3 is 1.30 bits per heavy atom. The first-order chi connectivity index (χ1) is 4.86. The third kappa shape index (κ3) is 2.80. The van der Waals surface area contributed by atoms with E-state index in [9.17, 15) is 0 Å². The molecule has 1 fully saturated rings. The first kappa shape index (κ1) is 9.49. The van der Waals surface area contributed by atoms with Crippen molar-refractivity contribution in [2.45, 2.75) is 0 Å². The smallest absolute Gasteiger partial charge is 0.126 e. The van der Waals surface area contributed by atoms with Crippen LogP contribution in [0.1, 0.15) is 0 Å². The van der Waals surface area contributed by atoms with Gasteiger partial charge in [-0.3, -0.25) is 0 Å². The number of rotatable bonds is 2. The average molecular weight is 214 g/mol. The van der Waals surface area contributed by atoms with Gasteiger partial charge in [0.2, 0.25) is 0 Å². The predicted molar refractivity (Wildman–Crippen MR) is 61.9 cm³/mol. The Morgan fingerprint density at radius 2 is 1.10 bits per heavy atom. The molecule has 0 unspecified atom stereocenters. The summed E-state index contributed by atoms with van der Waals surface area (Å²) in [6.07, 6.45) is 0. The number of thiol groups is 2. The molecule has 0 N–H and O–H groups in total. The van der Waals surface area contributed by atoms with Crippen molar-refractivity contribution in [3.05, 3.63) is 0 Å². The van der Waals surface area contributed by atoms with Gasteiger partial charge in [-0.2, -0.15) is 0 Å². The van der Waals surface area contributed by atoms with E-state index in [4.69, 9.17) is 0 Å². The summed E-state index contributed by atoms with van der Waals surface area (Å²) in [5.74, 6) is 5.70. The number of hydrogen-bond acceptors (Lipinski definition) is 2. The minimum absolute atomic E-state index is 0.663. The van der Waals surface area contributed by atoms with E-state index in [1.54, 1.807) is 0 Å². The van der Waals surface area contributed by atoms with Crippen LogP contribution in [0.5, 0.6) is 0 Å². The zero-order chi connectivity index (χ0) is 7.40. The van der Waals surface area contributed by atoms with Crippen molar-refractivity contribution in [2.75, 3.05) is 33.2 Å². The molecule has 0 nitrogen and oxygen atoms in total. The van der Waals surface area contributed by atoms with E-state index in [1.807, 2.05) is 0 Å². The highest BCUT2D eigenvalue weighted by Gasteiger charge is 2.31. The average Bonchev–Trinajstić information content (AvgIpc) is 2.05. The van der Waals surface area contributed by atoms with Crippen LogP contribution < -0.4 is 0 Å². The zero-order valence-electron chi connectivity index (χ0n) is 5.95. The molecule has 0 aromatic rings. The topological polar surface area (TPSA) is 0 Å². The Hall–Kier alpha value is 1.40. The molecule has 0 aromatic carbocycles. The molecule has 0 radical (unpaired) electrons. The van der Waals surface area contributed by atoms with Crippen molar-refractivity contribution < 1.29 is 0 Å². The monoisotopic (exact) mass is 214 g/mol. The van der Waals surface area contributed by atoms with Gasteiger partial charge in [-0.05, 0) is 0 Å². The Labute approximate surface area is 80.1 Å². The maximum Gasteiger partial charge on any atom is 0.153 e. The summed E-state index contributed by atoms with van der Waals surface area (Å²) >= 11 is 8.64. The van der Waals surface area contributed by atoms with Gasteiger partial charge in [0.05, 0.1) is 0 Å². The lowest BCUT2D eigenvalue weighted by Gasteiger charge is -2.12. The van der Waals surface area contributed by atoms with Crippen LogP contribution in [0.15, 0.2) is 0 Å². The van der Waals surface area contributed by atoms with Crippen LogP contribution >= 0.6 is 25.3 Å². The molecule has 1 heterocycles. The molecule has 4 heteroatoms. The van der Waals surface area contributed by atoms with Gasteiger partial charge < -0.3 is 0 Å². The molecular formula is C6H14S4+2. The summed E-state index contributed by atoms with van der Waals surface area (Å²) in [4.78, 5) is 0. The van der Waals surface area contributed by atoms with Gasteiger partial charge in [0.1, 0.15) is 0 Å². The van der Waals surface area contributed by atoms with Crippen molar-refractivity contribution in [1.29, 1.82) is 0 Å². The van der Waals surface area contributed by atoms with E-state index in [2.05, 4.69) is 25.3 Å². The molecule has 1 aliphatic rings. The highest BCUT2D eigenvalue weighted by atomic mass is 32.2. The Morgan fingerprint density at radius 1 is 0.800 bits per heavy atom. The van der Waals surface area contributed by atoms with Gasteiger partial charge in [-0.15, -0.1) is 25.3 Å². The Kier molecular flexibility index (Phi) is 4.86. The van der Waals surface area contributed by atoms with Gasteiger partial charge in [-0.25, -0.2) is 0 Å². The third-order valence-corrected chi connectivity index (χ3v) is 8.25. The predicted octanol–water partition coefficient (Wildman–Crippen LogP) is 1.01. The van der Waals surface area contributed by atoms with Gasteiger partial charge in [-0.1, -0.05) is 0 Å². The van der Waals surface area contributed by atoms with Crippen LogP contribution in [-0.4, -0.2) is 33.2 Å². The van der Waals surface area contributed by atoms with E-state index in [-0.39, 0.29) is 0 Å². The zero-order valence-corrected chi connectivity index (χ0v) is 9.38. The van der Waals surface area contributed by atoms with E-state index in [0.717, 1.165) is 10.2 Å². The first-order valence-electron chi connectivity index (χ1n) is 3.36. The fourth-order valence-corrected chi connectivity index (χ4v) is 7.18. The second kappa shape index (κ2) is 5.12. The molecule has 0 spiro atoms. The molecule has 0 atom stereocenters. The van der Waals surface area contributed by atoms with E-state index in [0.29, 0.717) is 21.8 Å². The van der Waals surface area contributed by atoms with Crippen LogP contribution in [-0.2, 0) is 21.8 Å². The first-order valence-corrected chi connectivity index (χ1v) is 8.09. The van der Waals surface area contributed by atoms with Crippen LogP contribution in [0.25, 0.3) is 0 Å². The largest absolute Gasteiger partial charge is 0.153 e. The highest BCUT2D eigenvalue weighted by molar-refractivity contribution is 8.12. The highest BCUT2D eigenvalue weighted by Crippen LogP contribution is 2.13. The lowest BCUT2D eigenvalue weighted by Crippen LogP contribution is -2.33. The summed E-state index contributed by atoms with van der Waals surface area (Å²) in [5.41, 5.74) is 0. The molecular weight excluding hydrogens is 200 g/mol. The lowest BCUT2D eigenvalue weighted by molar-refractivity contribution is 1.37. The molecule has 0 bridgehead atoms. The van der Waals surface area contributed by atoms with Gasteiger partial charge in [0.15, 0.2) is 33.2 Å². The van der Waals surface area contributed by atoms with Crippen LogP contribution in [0, 0.1) is 0 Å². The molecule has 60 valence electrons. The van der Waals surface area contributed by atoms with Crippen molar-refractivity contribution in [1.82, 2.24) is 0 Å². The Bertz CT molecular complexity index is 75.7. The fraction of sp³-hybridized carbons (Fsp3) is 1.00. The summed E-state index contributed by atoms with van der Waals surface area (Å²) in [6, 6.07) is 0. The number of hydrogen-bond donors (Lipinski definition) is 2. The van der Waals surface area contributed by atoms with Crippen molar-refractivity contribution in [3.63, 3.8) is 0 Å². The van der Waals surface area contributed by atoms with Gasteiger partial charge in [0, 0.05) is 21.8 Å². The van der Waals surface area contributed by atoms with Gasteiger partial charge in [0.25, 0.3) is 0 Å². The second-order valence-electron chi connectivity index (χ2n) is 2.30. The summed E-state index contributed by atoms with van der Waals surface area (Å²) in [5, 5.41) is 2.23. The Balaban J connectivity index is 2.17. The summed E-state index contributed by atoms with van der Waals surface area (Å²) < 4.78 is 0. The SMILES string of the molecule is SC[S+]1CC[S+](CS)CC1. The van der Waals surface area contributed by atoms with E-state index >= 15 is 0 Å². The normalized spacial score (nSPS) is 34.2. The van der Waals surface area contributed by atoms with Crippen molar-refractivity contribution >= 4 is 47.0 Å². The maximum absolute atomic E-state index is 4.32. The van der Waals surface area contributed by atoms with Crippen LogP contribution in [0.3, 0.4) is 0 Å². The van der Waals surface area contributed by atoms with Crippen LogP contribution in [0.2, 0.25) is 0 Å². The van der Waals surface area contributed by atoms with Crippen molar-refractivity contribution in [3.8, 4) is 0 Å². The molecule has 0 aliphatic carbocycles. The molecule has 1 rings (SSSR count). The minimum Gasteiger partial charge on any atom is -0.126 e. The van der Waals surface area contributed by atoms with Crippen LogP contribution in [0.4, 0.5) is 0 Å². The minimum atomic E-state index is 0.663. The third-order valence-electron chi connectivity index (χ3n) is 1.69. The lowest BCUT2D eigenvalue weighted by atomic mass is 10.9. The summed E-state index contributed by atoms with van der Waals surface area (Å²) in [7, 11) is 1.33. The molecule has 1 aliphatic heterocycles. The second-order valence-corrected chi connectivity index (χ2v) is 8.45. The molecule has 0 amide bonds. The van der Waals surface area contributed by atoms with Crippen molar-refractivity contribution in [2.24, 2.45) is 0 Å². The molecule has 0 saturated carbocycles. The van der Waals surface area contributed by atoms with E-state index < -0.39 is 0 Å². The van der Waals surface area contributed by atoms with Gasteiger partial charge >= 0.3 is 0 Å².